The topological polar surface area (TPSA) is 73.9 Å². The minimum Gasteiger partial charge on any atom is -0.409 e. The highest BCUT2D eigenvalue weighted by molar-refractivity contribution is 5.85. The van der Waals surface area contributed by atoms with Crippen LogP contribution in [0.5, 0.6) is 0 Å². The van der Waals surface area contributed by atoms with Gasteiger partial charge in [0.15, 0.2) is 0 Å². The van der Waals surface area contributed by atoms with Gasteiger partial charge in [-0.15, -0.1) is 0 Å². The predicted octanol–water partition coefficient (Wildman–Crippen LogP) is 1.61. The maximum atomic E-state index is 8.73. The number of nitrogens with one attached hydrogen (secondary N) is 1. The highest BCUT2D eigenvalue weighted by Gasteiger charge is 2.24. The van der Waals surface area contributed by atoms with Crippen LogP contribution in [0.1, 0.15) is 46.5 Å². The molecule has 1 saturated heterocycles. The fourth-order valence-corrected chi connectivity index (χ4v) is 2.57. The van der Waals surface area contributed by atoms with E-state index in [2.05, 4.69) is 29.3 Å². The second kappa shape index (κ2) is 7.10. The van der Waals surface area contributed by atoms with E-state index in [0.717, 1.165) is 19.4 Å². The Morgan fingerprint density at radius 2 is 2.21 bits per heavy atom. The first-order valence-electron chi connectivity index (χ1n) is 7.28. The third-order valence-corrected chi connectivity index (χ3v) is 4.42. The van der Waals surface area contributed by atoms with Crippen LogP contribution in [-0.2, 0) is 0 Å². The van der Waals surface area contributed by atoms with Crippen molar-refractivity contribution in [2.45, 2.75) is 58.5 Å². The van der Waals surface area contributed by atoms with Gasteiger partial charge in [0.2, 0.25) is 0 Å². The first-order chi connectivity index (χ1) is 8.86. The van der Waals surface area contributed by atoms with Gasteiger partial charge < -0.3 is 21.2 Å². The Bertz CT molecular complexity index is 304. The quantitative estimate of drug-likeness (QED) is 0.225. The number of piperidine rings is 1. The van der Waals surface area contributed by atoms with Crippen molar-refractivity contribution in [2.24, 2.45) is 16.3 Å². The van der Waals surface area contributed by atoms with E-state index >= 15 is 0 Å². The van der Waals surface area contributed by atoms with Gasteiger partial charge in [0.25, 0.3) is 0 Å². The standard InChI is InChI=1S/C14H30N4O/c1-11-10-12(6-9-18(11)4)16-8-5-7-14(2,3)13(15)17-19/h11-12,16,19H,5-10H2,1-4H3,(H2,15,17). The molecule has 1 fully saturated rings. The average Bonchev–Trinajstić information content (AvgIpc) is 2.37. The lowest BCUT2D eigenvalue weighted by atomic mass is 9.86. The molecule has 5 nitrogen and oxygen atoms in total. The first kappa shape index (κ1) is 16.2. The van der Waals surface area contributed by atoms with Crippen LogP contribution in [0.4, 0.5) is 0 Å². The zero-order valence-corrected chi connectivity index (χ0v) is 12.8. The minimum absolute atomic E-state index is 0.226. The van der Waals surface area contributed by atoms with Crippen molar-refractivity contribution < 1.29 is 5.21 Å². The molecular formula is C14H30N4O. The van der Waals surface area contributed by atoms with Gasteiger partial charge in [-0.2, -0.15) is 0 Å². The van der Waals surface area contributed by atoms with Crippen molar-refractivity contribution >= 4 is 5.84 Å². The number of likely N-dealkylation sites (tertiary alicyclic amines) is 1. The van der Waals surface area contributed by atoms with Crippen molar-refractivity contribution in [3.63, 3.8) is 0 Å². The summed E-state index contributed by atoms with van der Waals surface area (Å²) in [6, 6.07) is 1.30. The number of nitrogens with two attached hydrogens (primary N) is 1. The van der Waals surface area contributed by atoms with E-state index in [9.17, 15) is 0 Å². The average molecular weight is 270 g/mol. The Labute approximate surface area is 117 Å². The van der Waals surface area contributed by atoms with E-state index in [0.29, 0.717) is 17.9 Å². The van der Waals surface area contributed by atoms with E-state index in [1.807, 2.05) is 13.8 Å². The normalized spacial score (nSPS) is 26.6. The van der Waals surface area contributed by atoms with Crippen LogP contribution in [-0.4, -0.2) is 48.2 Å². The largest absolute Gasteiger partial charge is 0.409 e. The molecule has 0 aliphatic carbocycles. The van der Waals surface area contributed by atoms with Gasteiger partial charge >= 0.3 is 0 Å². The summed E-state index contributed by atoms with van der Waals surface area (Å²) in [4.78, 5) is 2.42. The van der Waals surface area contributed by atoms with Crippen molar-refractivity contribution in [2.75, 3.05) is 20.1 Å². The maximum Gasteiger partial charge on any atom is 0.144 e. The molecule has 1 aliphatic heterocycles. The van der Waals surface area contributed by atoms with Gasteiger partial charge in [-0.3, -0.25) is 0 Å². The molecule has 2 unspecified atom stereocenters. The summed E-state index contributed by atoms with van der Waals surface area (Å²) in [5.74, 6) is 0.320. The SMILES string of the molecule is CC1CC(NCCCC(C)(C)C(N)=NO)CCN1C. The monoisotopic (exact) mass is 270 g/mol. The first-order valence-corrected chi connectivity index (χ1v) is 7.28. The van der Waals surface area contributed by atoms with Crippen LogP contribution in [0.2, 0.25) is 0 Å². The smallest absolute Gasteiger partial charge is 0.144 e. The van der Waals surface area contributed by atoms with Crippen molar-refractivity contribution in [3.8, 4) is 0 Å². The number of rotatable bonds is 6. The van der Waals surface area contributed by atoms with Gasteiger partial charge in [-0.1, -0.05) is 19.0 Å². The lowest BCUT2D eigenvalue weighted by Crippen LogP contribution is -2.45. The van der Waals surface area contributed by atoms with E-state index in [-0.39, 0.29) is 5.41 Å². The number of amidine groups is 1. The maximum absolute atomic E-state index is 8.73. The summed E-state index contributed by atoms with van der Waals surface area (Å²) in [5.41, 5.74) is 5.46. The molecule has 1 rings (SSSR count). The molecule has 5 heteroatoms. The van der Waals surface area contributed by atoms with Crippen LogP contribution in [0, 0.1) is 5.41 Å². The summed E-state index contributed by atoms with van der Waals surface area (Å²) >= 11 is 0. The zero-order chi connectivity index (χ0) is 14.5. The third kappa shape index (κ3) is 4.99. The highest BCUT2D eigenvalue weighted by Crippen LogP contribution is 2.22. The van der Waals surface area contributed by atoms with Crippen molar-refractivity contribution in [1.29, 1.82) is 0 Å². The van der Waals surface area contributed by atoms with Gasteiger partial charge in [0.05, 0.1) is 0 Å². The molecule has 1 aliphatic rings. The molecule has 2 atom stereocenters. The molecule has 0 radical (unpaired) electrons. The van der Waals surface area contributed by atoms with Gasteiger partial charge in [0.1, 0.15) is 5.84 Å². The molecule has 1 heterocycles. The molecular weight excluding hydrogens is 240 g/mol. The Kier molecular flexibility index (Phi) is 6.07. The van der Waals surface area contributed by atoms with Crippen LogP contribution in [0.25, 0.3) is 0 Å². The zero-order valence-electron chi connectivity index (χ0n) is 12.8. The number of nitrogens with zero attached hydrogens (tertiary/aromatic N) is 2. The molecule has 0 aromatic heterocycles. The van der Waals surface area contributed by atoms with Crippen LogP contribution < -0.4 is 11.1 Å². The summed E-state index contributed by atoms with van der Waals surface area (Å²) in [6.45, 7) is 8.49. The molecule has 0 aromatic rings. The number of hydrogen-bond donors (Lipinski definition) is 3. The summed E-state index contributed by atoms with van der Waals surface area (Å²) in [7, 11) is 2.19. The number of oxime groups is 1. The second-order valence-electron chi connectivity index (χ2n) is 6.48. The fraction of sp³-hybridized carbons (Fsp3) is 0.929. The molecule has 0 saturated carbocycles. The molecule has 0 amide bonds. The van der Waals surface area contributed by atoms with Crippen molar-refractivity contribution in [3.05, 3.63) is 0 Å². The second-order valence-corrected chi connectivity index (χ2v) is 6.48. The molecule has 0 bridgehead atoms. The predicted molar refractivity (Wildman–Crippen MR) is 79.5 cm³/mol. The van der Waals surface area contributed by atoms with Crippen LogP contribution in [0.15, 0.2) is 5.16 Å². The summed E-state index contributed by atoms with van der Waals surface area (Å²) in [6.07, 6.45) is 4.42. The summed E-state index contributed by atoms with van der Waals surface area (Å²) < 4.78 is 0. The molecule has 4 N–H and O–H groups in total. The molecule has 0 spiro atoms. The minimum atomic E-state index is -0.226. The van der Waals surface area contributed by atoms with E-state index in [1.54, 1.807) is 0 Å². The Hall–Kier alpha value is -0.810. The van der Waals surface area contributed by atoms with E-state index in [1.165, 1.54) is 19.4 Å². The van der Waals surface area contributed by atoms with Gasteiger partial charge in [-0.25, -0.2) is 0 Å². The lowest BCUT2D eigenvalue weighted by molar-refractivity contribution is 0.168. The van der Waals surface area contributed by atoms with Gasteiger partial charge in [-0.05, 0) is 52.7 Å². The Morgan fingerprint density at radius 1 is 1.53 bits per heavy atom. The van der Waals surface area contributed by atoms with Crippen LogP contribution >= 0.6 is 0 Å². The Balaban J connectivity index is 2.21. The lowest BCUT2D eigenvalue weighted by Gasteiger charge is -2.35. The van der Waals surface area contributed by atoms with Crippen molar-refractivity contribution in [1.82, 2.24) is 10.2 Å². The molecule has 19 heavy (non-hydrogen) atoms. The van der Waals surface area contributed by atoms with Gasteiger partial charge in [0, 0.05) is 17.5 Å². The summed E-state index contributed by atoms with van der Waals surface area (Å²) in [5, 5.41) is 15.5. The Morgan fingerprint density at radius 3 is 2.79 bits per heavy atom. The van der Waals surface area contributed by atoms with E-state index < -0.39 is 0 Å². The number of hydrogen-bond acceptors (Lipinski definition) is 4. The fourth-order valence-electron chi connectivity index (χ4n) is 2.57. The van der Waals surface area contributed by atoms with E-state index in [4.69, 9.17) is 10.9 Å². The van der Waals surface area contributed by atoms with Crippen LogP contribution in [0.3, 0.4) is 0 Å². The molecule has 0 aromatic carbocycles. The third-order valence-electron chi connectivity index (χ3n) is 4.42. The highest BCUT2D eigenvalue weighted by atomic mass is 16.4. The molecule has 112 valence electrons.